The van der Waals surface area contributed by atoms with Crippen molar-refractivity contribution in [2.45, 2.75) is 25.8 Å². The van der Waals surface area contributed by atoms with Crippen molar-refractivity contribution < 1.29 is 14.7 Å². The zero-order valence-electron chi connectivity index (χ0n) is 10.3. The molecule has 0 heterocycles. The lowest BCUT2D eigenvalue weighted by Crippen LogP contribution is -2.41. The van der Waals surface area contributed by atoms with E-state index < -0.39 is 12.0 Å². The summed E-state index contributed by atoms with van der Waals surface area (Å²) in [6.07, 6.45) is 2.81. The molecule has 0 fully saturated rings. The third-order valence-corrected chi connectivity index (χ3v) is 2.49. The minimum Gasteiger partial charge on any atom is -0.480 e. The number of benzene rings is 1. The van der Waals surface area contributed by atoms with Crippen LogP contribution in [0.25, 0.3) is 0 Å². The van der Waals surface area contributed by atoms with Gasteiger partial charge in [-0.05, 0) is 17.5 Å². The highest BCUT2D eigenvalue weighted by Crippen LogP contribution is 2.09. The Hall–Kier alpha value is -2.10. The van der Waals surface area contributed by atoms with Crippen molar-refractivity contribution in [3.8, 4) is 0 Å². The Morgan fingerprint density at radius 1 is 1.44 bits per heavy atom. The molecule has 0 aromatic heterocycles. The molecule has 1 aromatic carbocycles. The van der Waals surface area contributed by atoms with Crippen molar-refractivity contribution in [2.24, 2.45) is 0 Å². The zero-order chi connectivity index (χ0) is 13.5. The van der Waals surface area contributed by atoms with Gasteiger partial charge >= 0.3 is 5.97 Å². The van der Waals surface area contributed by atoms with E-state index >= 15 is 0 Å². The van der Waals surface area contributed by atoms with Crippen LogP contribution in [-0.4, -0.2) is 23.0 Å². The van der Waals surface area contributed by atoms with Crippen LogP contribution in [0.5, 0.6) is 0 Å². The molecule has 0 spiro atoms. The summed E-state index contributed by atoms with van der Waals surface area (Å²) in [4.78, 5) is 21.9. The highest BCUT2D eigenvalue weighted by Gasteiger charge is 2.18. The molecule has 18 heavy (non-hydrogen) atoms. The van der Waals surface area contributed by atoms with Gasteiger partial charge in [0.2, 0.25) is 5.91 Å². The molecule has 1 rings (SSSR count). The van der Waals surface area contributed by atoms with Gasteiger partial charge in [0, 0.05) is 13.3 Å². The highest BCUT2D eigenvalue weighted by molar-refractivity contribution is 5.82. The van der Waals surface area contributed by atoms with Crippen LogP contribution in [0.4, 0.5) is 0 Å². The maximum absolute atomic E-state index is 11.0. The summed E-state index contributed by atoms with van der Waals surface area (Å²) >= 11 is 0. The predicted molar refractivity (Wildman–Crippen MR) is 69.3 cm³/mol. The summed E-state index contributed by atoms with van der Waals surface area (Å²) in [7, 11) is 0. The second-order valence-corrected chi connectivity index (χ2v) is 4.11. The number of carbonyl (C=O) groups excluding carboxylic acids is 1. The monoisotopic (exact) mass is 247 g/mol. The van der Waals surface area contributed by atoms with Gasteiger partial charge in [-0.3, -0.25) is 4.79 Å². The van der Waals surface area contributed by atoms with E-state index in [4.69, 9.17) is 5.11 Å². The Morgan fingerprint density at radius 3 is 2.67 bits per heavy atom. The molecule has 4 nitrogen and oxygen atoms in total. The lowest BCUT2D eigenvalue weighted by Gasteiger charge is -2.13. The molecule has 2 N–H and O–H groups in total. The number of hydrogen-bond donors (Lipinski definition) is 2. The van der Waals surface area contributed by atoms with Crippen molar-refractivity contribution in [2.75, 3.05) is 0 Å². The first kappa shape index (κ1) is 14.0. The summed E-state index contributed by atoms with van der Waals surface area (Å²) in [5.74, 6) is -1.37. The third-order valence-electron chi connectivity index (χ3n) is 2.49. The first-order valence-electron chi connectivity index (χ1n) is 5.71. The molecule has 1 amide bonds. The summed E-state index contributed by atoms with van der Waals surface area (Å²) < 4.78 is 0. The number of aliphatic carboxylic acids is 1. The van der Waals surface area contributed by atoms with Crippen molar-refractivity contribution >= 4 is 11.9 Å². The molecule has 0 unspecified atom stereocenters. The average molecular weight is 247 g/mol. The van der Waals surface area contributed by atoms with E-state index in [1.807, 2.05) is 24.3 Å². The first-order valence-corrected chi connectivity index (χ1v) is 5.71. The first-order chi connectivity index (χ1) is 8.52. The molecule has 0 aliphatic rings. The molecular weight excluding hydrogens is 230 g/mol. The number of hydrogen-bond acceptors (Lipinski definition) is 2. The maximum Gasteiger partial charge on any atom is 0.326 e. The van der Waals surface area contributed by atoms with E-state index in [0.29, 0.717) is 0 Å². The normalized spacial score (nSPS) is 11.6. The number of carbonyl (C=O) groups is 2. The number of rotatable bonds is 6. The quantitative estimate of drug-likeness (QED) is 0.749. The maximum atomic E-state index is 11.0. The minimum absolute atomic E-state index is 0.278. The second-order valence-electron chi connectivity index (χ2n) is 4.11. The van der Waals surface area contributed by atoms with Gasteiger partial charge in [0.25, 0.3) is 0 Å². The molecule has 4 heteroatoms. The average Bonchev–Trinajstić information content (AvgIpc) is 2.28. The van der Waals surface area contributed by atoms with E-state index in [2.05, 4.69) is 11.9 Å². The van der Waals surface area contributed by atoms with Crippen molar-refractivity contribution in [1.82, 2.24) is 5.32 Å². The van der Waals surface area contributed by atoms with Gasteiger partial charge < -0.3 is 10.4 Å². The van der Waals surface area contributed by atoms with Crippen LogP contribution in [0.15, 0.2) is 36.9 Å². The van der Waals surface area contributed by atoms with Crippen LogP contribution < -0.4 is 5.32 Å². The topological polar surface area (TPSA) is 66.4 Å². The highest BCUT2D eigenvalue weighted by atomic mass is 16.4. The molecular formula is C14H17NO3. The lowest BCUT2D eigenvalue weighted by atomic mass is 10.0. The number of carboxylic acids is 1. The smallest absolute Gasteiger partial charge is 0.326 e. The van der Waals surface area contributed by atoms with Gasteiger partial charge in [0.05, 0.1) is 0 Å². The Morgan fingerprint density at radius 2 is 2.11 bits per heavy atom. The van der Waals surface area contributed by atoms with E-state index in [-0.39, 0.29) is 12.3 Å². The van der Waals surface area contributed by atoms with E-state index in [0.717, 1.165) is 17.5 Å². The minimum atomic E-state index is -1.03. The van der Waals surface area contributed by atoms with Gasteiger partial charge in [-0.2, -0.15) is 0 Å². The summed E-state index contributed by atoms with van der Waals surface area (Å²) in [6, 6.07) is 6.73. The number of carboxylic acid groups (broad SMARTS) is 1. The van der Waals surface area contributed by atoms with Crippen LogP contribution in [0, 0.1) is 0 Å². The Bertz CT molecular complexity index is 454. The van der Waals surface area contributed by atoms with Crippen molar-refractivity contribution in [3.05, 3.63) is 48.0 Å². The molecule has 1 aromatic rings. The van der Waals surface area contributed by atoms with E-state index in [9.17, 15) is 9.59 Å². The van der Waals surface area contributed by atoms with Gasteiger partial charge in [0.15, 0.2) is 0 Å². The fourth-order valence-electron chi connectivity index (χ4n) is 1.73. The van der Waals surface area contributed by atoms with Crippen molar-refractivity contribution in [3.63, 3.8) is 0 Å². The fraction of sp³-hybridized carbons (Fsp3) is 0.286. The molecule has 1 atom stereocenters. The summed E-state index contributed by atoms with van der Waals surface area (Å²) in [5.41, 5.74) is 1.96. The third kappa shape index (κ3) is 4.41. The summed E-state index contributed by atoms with van der Waals surface area (Å²) in [6.45, 7) is 4.97. The SMILES string of the molecule is C=CCc1cccc(C[C@H](NC(C)=O)C(=O)O)c1. The largest absolute Gasteiger partial charge is 0.480 e. The molecule has 0 aliphatic carbocycles. The van der Waals surface area contributed by atoms with Crippen LogP contribution in [0.1, 0.15) is 18.1 Å². The molecule has 0 saturated heterocycles. The molecule has 96 valence electrons. The second kappa shape index (κ2) is 6.59. The summed E-state index contributed by atoms with van der Waals surface area (Å²) in [5, 5.41) is 11.4. The molecule has 0 bridgehead atoms. The predicted octanol–water partition coefficient (Wildman–Crippen LogP) is 1.55. The van der Waals surface area contributed by atoms with Gasteiger partial charge in [-0.15, -0.1) is 6.58 Å². The molecule has 0 aliphatic heterocycles. The Balaban J connectivity index is 2.79. The molecule has 0 radical (unpaired) electrons. The van der Waals surface area contributed by atoms with E-state index in [1.54, 1.807) is 6.08 Å². The Kier molecular flexibility index (Phi) is 5.11. The van der Waals surface area contributed by atoms with Crippen LogP contribution in [0.3, 0.4) is 0 Å². The molecule has 0 saturated carbocycles. The van der Waals surface area contributed by atoms with Gasteiger partial charge in [-0.1, -0.05) is 30.3 Å². The number of amides is 1. The standard InChI is InChI=1S/C14H17NO3/c1-3-5-11-6-4-7-12(8-11)9-13(14(17)18)15-10(2)16/h3-4,6-8,13H,1,5,9H2,2H3,(H,15,16)(H,17,18)/t13-/m0/s1. The lowest BCUT2D eigenvalue weighted by molar-refractivity contribution is -0.141. The van der Waals surface area contributed by atoms with E-state index in [1.165, 1.54) is 6.92 Å². The number of allylic oxidation sites excluding steroid dienone is 1. The van der Waals surface area contributed by atoms with Gasteiger partial charge in [0.1, 0.15) is 6.04 Å². The zero-order valence-corrected chi connectivity index (χ0v) is 10.3. The van der Waals surface area contributed by atoms with Crippen LogP contribution in [0.2, 0.25) is 0 Å². The van der Waals surface area contributed by atoms with Crippen LogP contribution in [-0.2, 0) is 22.4 Å². The van der Waals surface area contributed by atoms with Crippen molar-refractivity contribution in [1.29, 1.82) is 0 Å². The van der Waals surface area contributed by atoms with Gasteiger partial charge in [-0.25, -0.2) is 4.79 Å². The van der Waals surface area contributed by atoms with Crippen LogP contribution >= 0.6 is 0 Å². The Labute approximate surface area is 106 Å². The number of nitrogens with one attached hydrogen (secondary N) is 1. The fourth-order valence-corrected chi connectivity index (χ4v) is 1.73.